The van der Waals surface area contributed by atoms with Crippen LogP contribution in [0.15, 0.2) is 42.5 Å². The van der Waals surface area contributed by atoms with Gasteiger partial charge < -0.3 is 14.8 Å². The van der Waals surface area contributed by atoms with Crippen LogP contribution in [0.4, 0.5) is 5.69 Å². The highest BCUT2D eigenvalue weighted by Gasteiger charge is 2.24. The summed E-state index contributed by atoms with van der Waals surface area (Å²) in [7, 11) is -0.773. The van der Waals surface area contributed by atoms with Crippen molar-refractivity contribution in [2.75, 3.05) is 44.4 Å². The predicted molar refractivity (Wildman–Crippen MR) is 125 cm³/mol. The predicted octanol–water partition coefficient (Wildman–Crippen LogP) is 2.38. The Kier molecular flexibility index (Phi) is 7.98. The molecule has 0 saturated carbocycles. The van der Waals surface area contributed by atoms with Crippen molar-refractivity contribution in [2.24, 2.45) is 0 Å². The van der Waals surface area contributed by atoms with Gasteiger partial charge in [-0.05, 0) is 49.2 Å². The molecule has 0 unspecified atom stereocenters. The number of carbonyl (C=O) groups excluding carboxylic acids is 1. The molecule has 1 amide bonds. The second-order valence-corrected chi connectivity index (χ2v) is 9.79. The Morgan fingerprint density at radius 2 is 1.69 bits per heavy atom. The Morgan fingerprint density at radius 1 is 1.03 bits per heavy atom. The number of ether oxygens (including phenoxy) is 2. The topological polar surface area (TPSA) is 88.2 Å². The van der Waals surface area contributed by atoms with Crippen molar-refractivity contribution in [3.8, 4) is 11.5 Å². The molecule has 1 heterocycles. The van der Waals surface area contributed by atoms with Gasteiger partial charge in [-0.1, -0.05) is 24.3 Å². The molecule has 2 aromatic carbocycles. The zero-order valence-electron chi connectivity index (χ0n) is 18.8. The van der Waals surface area contributed by atoms with E-state index in [2.05, 4.69) is 22.3 Å². The molecule has 0 atom stereocenters. The molecule has 0 aromatic heterocycles. The fourth-order valence-corrected chi connectivity index (χ4v) is 4.58. The molecule has 174 valence electrons. The molecule has 1 aliphatic heterocycles. The molecule has 32 heavy (non-hydrogen) atoms. The number of rotatable bonds is 10. The SMILES string of the molecule is COc1ccc(N(CC(=O)NCc2ccc(CN3CCCC3)cc2)S(C)(=O)=O)c(OC)c1. The molecule has 1 aliphatic rings. The summed E-state index contributed by atoms with van der Waals surface area (Å²) >= 11 is 0. The monoisotopic (exact) mass is 461 g/mol. The van der Waals surface area contributed by atoms with Gasteiger partial charge in [-0.25, -0.2) is 8.42 Å². The zero-order valence-corrected chi connectivity index (χ0v) is 19.7. The second kappa shape index (κ2) is 10.7. The van der Waals surface area contributed by atoms with Crippen molar-refractivity contribution in [1.29, 1.82) is 0 Å². The number of hydrogen-bond acceptors (Lipinski definition) is 6. The van der Waals surface area contributed by atoms with Crippen LogP contribution in [-0.4, -0.2) is 59.3 Å². The molecule has 9 heteroatoms. The second-order valence-electron chi connectivity index (χ2n) is 7.88. The molecule has 0 radical (unpaired) electrons. The molecule has 1 saturated heterocycles. The summed E-state index contributed by atoms with van der Waals surface area (Å²) in [6.45, 7) is 3.20. The van der Waals surface area contributed by atoms with Crippen LogP contribution >= 0.6 is 0 Å². The largest absolute Gasteiger partial charge is 0.497 e. The van der Waals surface area contributed by atoms with Crippen molar-refractivity contribution in [1.82, 2.24) is 10.2 Å². The molecule has 0 spiro atoms. The van der Waals surface area contributed by atoms with Crippen molar-refractivity contribution in [3.63, 3.8) is 0 Å². The quantitative estimate of drug-likeness (QED) is 0.585. The van der Waals surface area contributed by atoms with Gasteiger partial charge in [0.1, 0.15) is 18.0 Å². The van der Waals surface area contributed by atoms with E-state index in [9.17, 15) is 13.2 Å². The van der Waals surface area contributed by atoms with Crippen LogP contribution in [0.25, 0.3) is 0 Å². The minimum Gasteiger partial charge on any atom is -0.497 e. The van der Waals surface area contributed by atoms with Gasteiger partial charge in [0.25, 0.3) is 0 Å². The summed E-state index contributed by atoms with van der Waals surface area (Å²) in [6, 6.07) is 12.9. The lowest BCUT2D eigenvalue weighted by Crippen LogP contribution is -2.40. The van der Waals surface area contributed by atoms with Gasteiger partial charge >= 0.3 is 0 Å². The van der Waals surface area contributed by atoms with Gasteiger partial charge in [-0.3, -0.25) is 14.0 Å². The molecule has 0 aliphatic carbocycles. The maximum atomic E-state index is 12.6. The molecule has 0 bridgehead atoms. The van der Waals surface area contributed by atoms with Crippen LogP contribution < -0.4 is 19.1 Å². The third-order valence-corrected chi connectivity index (χ3v) is 6.59. The third kappa shape index (κ3) is 6.37. The van der Waals surface area contributed by atoms with E-state index in [0.29, 0.717) is 18.0 Å². The number of sulfonamides is 1. The molecule has 3 rings (SSSR count). The zero-order chi connectivity index (χ0) is 23.1. The van der Waals surface area contributed by atoms with Gasteiger partial charge in [-0.15, -0.1) is 0 Å². The van der Waals surface area contributed by atoms with Crippen LogP contribution in [0, 0.1) is 0 Å². The van der Waals surface area contributed by atoms with E-state index in [1.807, 2.05) is 12.1 Å². The number of hydrogen-bond donors (Lipinski definition) is 1. The molecule has 1 N–H and O–H groups in total. The first-order chi connectivity index (χ1) is 15.3. The van der Waals surface area contributed by atoms with Crippen molar-refractivity contribution >= 4 is 21.6 Å². The highest BCUT2D eigenvalue weighted by molar-refractivity contribution is 7.92. The van der Waals surface area contributed by atoms with Crippen molar-refractivity contribution in [3.05, 3.63) is 53.6 Å². The van der Waals surface area contributed by atoms with Crippen molar-refractivity contribution in [2.45, 2.75) is 25.9 Å². The van der Waals surface area contributed by atoms with E-state index in [-0.39, 0.29) is 12.2 Å². The Balaban J connectivity index is 1.62. The number of likely N-dealkylation sites (tertiary alicyclic amines) is 1. The number of amides is 1. The molecule has 1 fully saturated rings. The first-order valence-electron chi connectivity index (χ1n) is 10.6. The Labute approximate surface area is 190 Å². The highest BCUT2D eigenvalue weighted by Crippen LogP contribution is 2.33. The summed E-state index contributed by atoms with van der Waals surface area (Å²) in [6.07, 6.45) is 3.58. The van der Waals surface area contributed by atoms with E-state index >= 15 is 0 Å². The average molecular weight is 462 g/mol. The van der Waals surface area contributed by atoms with E-state index in [1.165, 1.54) is 32.6 Å². The first-order valence-corrected chi connectivity index (χ1v) is 12.4. The van der Waals surface area contributed by atoms with Crippen molar-refractivity contribution < 1.29 is 22.7 Å². The number of anilines is 1. The number of nitrogens with one attached hydrogen (secondary N) is 1. The Bertz CT molecular complexity index is 1020. The third-order valence-electron chi connectivity index (χ3n) is 5.46. The maximum Gasteiger partial charge on any atom is 0.241 e. The van der Waals surface area contributed by atoms with Crippen LogP contribution in [-0.2, 0) is 27.9 Å². The summed E-state index contributed by atoms with van der Waals surface area (Å²) in [5.41, 5.74) is 2.48. The lowest BCUT2D eigenvalue weighted by molar-refractivity contribution is -0.119. The van der Waals surface area contributed by atoms with Gasteiger partial charge in [0.15, 0.2) is 0 Å². The normalized spacial score (nSPS) is 14.2. The Morgan fingerprint density at radius 3 is 2.28 bits per heavy atom. The van der Waals surface area contributed by atoms with Crippen LogP contribution in [0.2, 0.25) is 0 Å². The lowest BCUT2D eigenvalue weighted by atomic mass is 10.1. The van der Waals surface area contributed by atoms with E-state index in [4.69, 9.17) is 9.47 Å². The van der Waals surface area contributed by atoms with Gasteiger partial charge in [0, 0.05) is 19.2 Å². The van der Waals surface area contributed by atoms with Crippen LogP contribution in [0.5, 0.6) is 11.5 Å². The van der Waals surface area contributed by atoms with Gasteiger partial charge in [0.05, 0.1) is 26.2 Å². The molecule has 8 nitrogen and oxygen atoms in total. The van der Waals surface area contributed by atoms with E-state index in [1.54, 1.807) is 18.2 Å². The van der Waals surface area contributed by atoms with Gasteiger partial charge in [-0.2, -0.15) is 0 Å². The number of methoxy groups -OCH3 is 2. The average Bonchev–Trinajstić information content (AvgIpc) is 3.29. The van der Waals surface area contributed by atoms with Gasteiger partial charge in [0.2, 0.25) is 15.9 Å². The minimum atomic E-state index is -3.72. The van der Waals surface area contributed by atoms with E-state index in [0.717, 1.165) is 35.8 Å². The summed E-state index contributed by atoms with van der Waals surface area (Å²) < 4.78 is 36.3. The number of nitrogens with zero attached hydrogens (tertiary/aromatic N) is 2. The fourth-order valence-electron chi connectivity index (χ4n) is 3.72. The summed E-state index contributed by atoms with van der Waals surface area (Å²) in [4.78, 5) is 15.0. The first kappa shape index (κ1) is 23.9. The molecular formula is C23H31N3O5S. The minimum absolute atomic E-state index is 0.275. The lowest BCUT2D eigenvalue weighted by Gasteiger charge is -2.24. The summed E-state index contributed by atoms with van der Waals surface area (Å²) in [5.74, 6) is 0.419. The Hall–Kier alpha value is -2.78. The van der Waals surface area contributed by atoms with E-state index < -0.39 is 15.9 Å². The van der Waals surface area contributed by atoms with Crippen LogP contribution in [0.1, 0.15) is 24.0 Å². The fraction of sp³-hybridized carbons (Fsp3) is 0.435. The maximum absolute atomic E-state index is 12.6. The number of benzene rings is 2. The number of carbonyl (C=O) groups is 1. The standard InChI is InChI=1S/C23H31N3O5S/c1-30-20-10-11-21(22(14-20)31-2)26(32(3,28)29)17-23(27)24-15-18-6-8-19(9-7-18)16-25-12-4-5-13-25/h6-11,14H,4-5,12-13,15-17H2,1-3H3,(H,24,27). The smallest absolute Gasteiger partial charge is 0.241 e. The summed E-state index contributed by atoms with van der Waals surface area (Å²) in [5, 5.41) is 2.80. The van der Waals surface area contributed by atoms with Crippen LogP contribution in [0.3, 0.4) is 0 Å². The molecular weight excluding hydrogens is 430 g/mol. The highest BCUT2D eigenvalue weighted by atomic mass is 32.2. The molecule has 2 aromatic rings.